The molecule has 18 heavy (non-hydrogen) atoms. The zero-order valence-corrected chi connectivity index (χ0v) is 11.4. The van der Waals surface area contributed by atoms with Crippen LogP contribution >= 0.6 is 0 Å². The van der Waals surface area contributed by atoms with E-state index in [9.17, 15) is 5.11 Å². The summed E-state index contributed by atoms with van der Waals surface area (Å²) in [6.07, 6.45) is 1.47. The lowest BCUT2D eigenvalue weighted by Crippen LogP contribution is -2.22. The molecule has 1 aliphatic carbocycles. The summed E-state index contributed by atoms with van der Waals surface area (Å²) in [6, 6.07) is 5.92. The van der Waals surface area contributed by atoms with Gasteiger partial charge in [-0.2, -0.15) is 0 Å². The van der Waals surface area contributed by atoms with E-state index in [-0.39, 0.29) is 11.7 Å². The second-order valence-corrected chi connectivity index (χ2v) is 5.72. The molecular formula is C15H22O3. The highest BCUT2D eigenvalue weighted by atomic mass is 16.5. The van der Waals surface area contributed by atoms with Gasteiger partial charge >= 0.3 is 0 Å². The first kappa shape index (κ1) is 13.4. The van der Waals surface area contributed by atoms with Crippen molar-refractivity contribution in [2.75, 3.05) is 13.2 Å². The van der Waals surface area contributed by atoms with Crippen LogP contribution in [0.1, 0.15) is 44.4 Å². The van der Waals surface area contributed by atoms with Crippen molar-refractivity contribution in [3.63, 3.8) is 0 Å². The van der Waals surface area contributed by atoms with Crippen molar-refractivity contribution in [1.29, 1.82) is 0 Å². The molecule has 100 valence electrons. The van der Waals surface area contributed by atoms with Crippen LogP contribution in [0.15, 0.2) is 18.2 Å². The highest BCUT2D eigenvalue weighted by Gasteiger charge is 2.20. The predicted octanol–water partition coefficient (Wildman–Crippen LogP) is 2.86. The van der Waals surface area contributed by atoms with E-state index >= 15 is 0 Å². The fraction of sp³-hybridized carbons (Fsp3) is 0.600. The summed E-state index contributed by atoms with van der Waals surface area (Å²) in [7, 11) is 0. The number of aliphatic hydroxyl groups is 1. The number of ether oxygens (including phenoxy) is 2. The fourth-order valence-corrected chi connectivity index (χ4v) is 2.17. The number of fused-ring (bicyclic) bond motifs is 1. The first-order valence-electron chi connectivity index (χ1n) is 6.53. The molecule has 0 radical (unpaired) electrons. The molecule has 1 aromatic carbocycles. The zero-order valence-electron chi connectivity index (χ0n) is 11.4. The Bertz CT molecular complexity index is 407. The largest absolute Gasteiger partial charge is 0.491 e. The summed E-state index contributed by atoms with van der Waals surface area (Å²) < 4.78 is 11.3. The van der Waals surface area contributed by atoms with Crippen LogP contribution in [0.5, 0.6) is 5.75 Å². The number of hydrogen-bond donors (Lipinski definition) is 1. The maximum atomic E-state index is 9.72. The Morgan fingerprint density at radius 2 is 2.06 bits per heavy atom. The molecule has 1 aliphatic rings. The molecule has 0 bridgehead atoms. The molecule has 3 heteroatoms. The second-order valence-electron chi connectivity index (χ2n) is 5.72. The van der Waals surface area contributed by atoms with E-state index in [0.29, 0.717) is 13.2 Å². The molecule has 0 heterocycles. The summed E-state index contributed by atoms with van der Waals surface area (Å²) >= 11 is 0. The van der Waals surface area contributed by atoms with Crippen molar-refractivity contribution >= 4 is 0 Å². The molecule has 1 atom stereocenters. The van der Waals surface area contributed by atoms with E-state index in [4.69, 9.17) is 9.47 Å². The lowest BCUT2D eigenvalue weighted by molar-refractivity contribution is -0.0163. The normalized spacial score (nSPS) is 18.8. The fourth-order valence-electron chi connectivity index (χ4n) is 2.17. The van der Waals surface area contributed by atoms with Crippen LogP contribution in [-0.2, 0) is 11.2 Å². The van der Waals surface area contributed by atoms with Gasteiger partial charge in [-0.3, -0.25) is 0 Å². The van der Waals surface area contributed by atoms with Gasteiger partial charge in [0.25, 0.3) is 0 Å². The van der Waals surface area contributed by atoms with Crippen LogP contribution in [-0.4, -0.2) is 23.9 Å². The average Bonchev–Trinajstić information content (AvgIpc) is 2.65. The highest BCUT2D eigenvalue weighted by Crippen LogP contribution is 2.33. The van der Waals surface area contributed by atoms with Crippen LogP contribution in [0.25, 0.3) is 0 Å². The standard InChI is InChI=1S/C15H22O3/c1-15(2,3)18-9-8-17-12-5-6-13-11(10-12)4-7-14(13)16/h5-6,10,14,16H,4,7-9H2,1-3H3. The Labute approximate surface area is 109 Å². The quantitative estimate of drug-likeness (QED) is 0.835. The van der Waals surface area contributed by atoms with Crippen molar-refractivity contribution in [3.8, 4) is 5.75 Å². The van der Waals surface area contributed by atoms with E-state index in [1.165, 1.54) is 5.56 Å². The molecule has 2 rings (SSSR count). The molecule has 0 amide bonds. The van der Waals surface area contributed by atoms with Crippen LogP contribution in [0.3, 0.4) is 0 Å². The minimum absolute atomic E-state index is 0.120. The van der Waals surface area contributed by atoms with Crippen LogP contribution in [0, 0.1) is 0 Å². The maximum absolute atomic E-state index is 9.72. The Hall–Kier alpha value is -1.06. The van der Waals surface area contributed by atoms with Gasteiger partial charge in [0, 0.05) is 0 Å². The second kappa shape index (κ2) is 5.29. The number of aryl methyl sites for hydroxylation is 1. The first-order valence-corrected chi connectivity index (χ1v) is 6.53. The van der Waals surface area contributed by atoms with E-state index in [0.717, 1.165) is 24.2 Å². The smallest absolute Gasteiger partial charge is 0.119 e. The summed E-state index contributed by atoms with van der Waals surface area (Å²) in [5.74, 6) is 0.861. The van der Waals surface area contributed by atoms with Gasteiger partial charge in [-0.25, -0.2) is 0 Å². The molecule has 0 saturated carbocycles. The Morgan fingerprint density at radius 1 is 1.28 bits per heavy atom. The van der Waals surface area contributed by atoms with E-state index in [1.54, 1.807) is 0 Å². The summed E-state index contributed by atoms with van der Waals surface area (Å²) in [5.41, 5.74) is 2.14. The highest BCUT2D eigenvalue weighted by molar-refractivity contribution is 5.39. The first-order chi connectivity index (χ1) is 8.46. The monoisotopic (exact) mass is 250 g/mol. The van der Waals surface area contributed by atoms with E-state index < -0.39 is 0 Å². The molecule has 1 aromatic rings. The number of rotatable bonds is 4. The Kier molecular flexibility index (Phi) is 3.93. The Balaban J connectivity index is 1.84. The average molecular weight is 250 g/mol. The van der Waals surface area contributed by atoms with Crippen molar-refractivity contribution < 1.29 is 14.6 Å². The third kappa shape index (κ3) is 3.47. The molecule has 0 saturated heterocycles. The molecule has 0 spiro atoms. The van der Waals surface area contributed by atoms with Gasteiger partial charge in [-0.05, 0) is 56.9 Å². The molecule has 1 N–H and O–H groups in total. The van der Waals surface area contributed by atoms with Gasteiger partial charge in [0.1, 0.15) is 12.4 Å². The number of benzene rings is 1. The van der Waals surface area contributed by atoms with Gasteiger partial charge in [0.05, 0.1) is 18.3 Å². The van der Waals surface area contributed by atoms with Crippen molar-refractivity contribution in [2.24, 2.45) is 0 Å². The van der Waals surface area contributed by atoms with E-state index in [1.807, 2.05) is 39.0 Å². The topological polar surface area (TPSA) is 38.7 Å². The van der Waals surface area contributed by atoms with Crippen LogP contribution in [0.4, 0.5) is 0 Å². The van der Waals surface area contributed by atoms with Gasteiger partial charge < -0.3 is 14.6 Å². The zero-order chi connectivity index (χ0) is 13.2. The van der Waals surface area contributed by atoms with Gasteiger partial charge in [0.15, 0.2) is 0 Å². The minimum Gasteiger partial charge on any atom is -0.491 e. The summed E-state index contributed by atoms with van der Waals surface area (Å²) in [5, 5.41) is 9.72. The number of hydrogen-bond acceptors (Lipinski definition) is 3. The predicted molar refractivity (Wildman–Crippen MR) is 70.9 cm³/mol. The maximum Gasteiger partial charge on any atom is 0.119 e. The molecular weight excluding hydrogens is 228 g/mol. The van der Waals surface area contributed by atoms with Gasteiger partial charge in [-0.1, -0.05) is 6.07 Å². The van der Waals surface area contributed by atoms with Crippen LogP contribution in [0.2, 0.25) is 0 Å². The molecule has 1 unspecified atom stereocenters. The molecule has 0 aliphatic heterocycles. The Morgan fingerprint density at radius 3 is 2.78 bits per heavy atom. The summed E-state index contributed by atoms with van der Waals surface area (Å²) in [4.78, 5) is 0. The van der Waals surface area contributed by atoms with Crippen molar-refractivity contribution in [1.82, 2.24) is 0 Å². The van der Waals surface area contributed by atoms with Crippen LogP contribution < -0.4 is 4.74 Å². The van der Waals surface area contributed by atoms with Crippen molar-refractivity contribution in [2.45, 2.75) is 45.3 Å². The summed E-state index contributed by atoms with van der Waals surface area (Å²) in [6.45, 7) is 7.24. The van der Waals surface area contributed by atoms with Crippen molar-refractivity contribution in [3.05, 3.63) is 29.3 Å². The third-order valence-electron chi connectivity index (χ3n) is 3.05. The molecule has 3 nitrogen and oxygen atoms in total. The lowest BCUT2D eigenvalue weighted by Gasteiger charge is -2.19. The molecule has 0 aromatic heterocycles. The van der Waals surface area contributed by atoms with E-state index in [2.05, 4.69) is 0 Å². The molecule has 0 fully saturated rings. The SMILES string of the molecule is CC(C)(C)OCCOc1ccc2c(c1)CCC2O. The number of aliphatic hydroxyl groups excluding tert-OH is 1. The minimum atomic E-state index is -0.293. The third-order valence-corrected chi connectivity index (χ3v) is 3.05. The van der Waals surface area contributed by atoms with Gasteiger partial charge in [0.2, 0.25) is 0 Å². The lowest BCUT2D eigenvalue weighted by atomic mass is 10.1. The van der Waals surface area contributed by atoms with Gasteiger partial charge in [-0.15, -0.1) is 0 Å².